The molecule has 1 saturated heterocycles. The number of nitrogens with zero attached hydrogens (tertiary/aromatic N) is 1. The van der Waals surface area contributed by atoms with Gasteiger partial charge in [-0.15, -0.1) is 0 Å². The Hall–Kier alpha value is -0.570. The summed E-state index contributed by atoms with van der Waals surface area (Å²) in [6, 6.07) is 0.460. The van der Waals surface area contributed by atoms with Crippen LogP contribution >= 0.6 is 0 Å². The monoisotopic (exact) mass is 280 g/mol. The van der Waals surface area contributed by atoms with E-state index in [1.807, 2.05) is 0 Å². The SMILES string of the molecule is CCC(C)C1NC(C(C)C)N(C2CCC(C)C2C)C1=O. The summed E-state index contributed by atoms with van der Waals surface area (Å²) in [7, 11) is 0. The summed E-state index contributed by atoms with van der Waals surface area (Å²) in [5, 5.41) is 3.63. The zero-order valence-corrected chi connectivity index (χ0v) is 14.0. The molecule has 0 bridgehead atoms. The fourth-order valence-corrected chi connectivity index (χ4v) is 3.89. The van der Waals surface area contributed by atoms with Crippen LogP contribution in [0.15, 0.2) is 0 Å². The van der Waals surface area contributed by atoms with Gasteiger partial charge in [0.25, 0.3) is 0 Å². The van der Waals surface area contributed by atoms with Gasteiger partial charge in [0, 0.05) is 6.04 Å². The molecule has 1 heterocycles. The number of carbonyl (C=O) groups excluding carboxylic acids is 1. The Labute approximate surface area is 124 Å². The Bertz CT molecular complexity index is 355. The van der Waals surface area contributed by atoms with E-state index in [-0.39, 0.29) is 12.2 Å². The quantitative estimate of drug-likeness (QED) is 0.857. The van der Waals surface area contributed by atoms with Crippen molar-refractivity contribution in [3.05, 3.63) is 0 Å². The topological polar surface area (TPSA) is 32.3 Å². The maximum Gasteiger partial charge on any atom is 0.241 e. The van der Waals surface area contributed by atoms with Crippen molar-refractivity contribution in [2.24, 2.45) is 23.7 Å². The Morgan fingerprint density at radius 3 is 2.35 bits per heavy atom. The largest absolute Gasteiger partial charge is 0.322 e. The zero-order chi connectivity index (χ0) is 15.0. The number of hydrogen-bond acceptors (Lipinski definition) is 2. The van der Waals surface area contributed by atoms with Gasteiger partial charge in [0.05, 0.1) is 12.2 Å². The van der Waals surface area contributed by atoms with E-state index in [0.717, 1.165) is 12.3 Å². The van der Waals surface area contributed by atoms with Crippen molar-refractivity contribution in [3.63, 3.8) is 0 Å². The molecule has 3 heteroatoms. The number of carbonyl (C=O) groups is 1. The average Bonchev–Trinajstić information content (AvgIpc) is 2.91. The molecule has 116 valence electrons. The van der Waals surface area contributed by atoms with Gasteiger partial charge in [0.1, 0.15) is 0 Å². The van der Waals surface area contributed by atoms with Crippen molar-refractivity contribution >= 4 is 5.91 Å². The van der Waals surface area contributed by atoms with Gasteiger partial charge in [-0.1, -0.05) is 48.0 Å². The van der Waals surface area contributed by atoms with E-state index in [2.05, 4.69) is 51.8 Å². The molecule has 6 atom stereocenters. The van der Waals surface area contributed by atoms with Gasteiger partial charge in [-0.2, -0.15) is 0 Å². The van der Waals surface area contributed by atoms with E-state index in [0.29, 0.717) is 29.7 Å². The molecule has 20 heavy (non-hydrogen) atoms. The molecule has 0 aromatic rings. The standard InChI is InChI=1S/C17H32N2O/c1-7-11(4)15-17(20)19(16(18-15)10(2)3)14-9-8-12(5)13(14)6/h10-16,18H,7-9H2,1-6H3. The van der Waals surface area contributed by atoms with E-state index in [9.17, 15) is 4.79 Å². The lowest BCUT2D eigenvalue weighted by Gasteiger charge is -2.35. The molecule has 0 spiro atoms. The second-order valence-electron chi connectivity index (χ2n) is 7.45. The van der Waals surface area contributed by atoms with E-state index in [1.54, 1.807) is 0 Å². The molecule has 2 fully saturated rings. The van der Waals surface area contributed by atoms with Gasteiger partial charge in [-0.05, 0) is 36.5 Å². The van der Waals surface area contributed by atoms with Crippen molar-refractivity contribution in [1.29, 1.82) is 0 Å². The molecule has 0 aromatic heterocycles. The van der Waals surface area contributed by atoms with Crippen LogP contribution in [0.4, 0.5) is 0 Å². The lowest BCUT2D eigenvalue weighted by atomic mass is 9.95. The summed E-state index contributed by atoms with van der Waals surface area (Å²) < 4.78 is 0. The number of rotatable bonds is 4. The number of nitrogens with one attached hydrogen (secondary N) is 1. The summed E-state index contributed by atoms with van der Waals surface area (Å²) in [5.74, 6) is 2.60. The summed E-state index contributed by atoms with van der Waals surface area (Å²) in [6.45, 7) is 13.5. The van der Waals surface area contributed by atoms with Gasteiger partial charge in [-0.25, -0.2) is 0 Å². The third-order valence-corrected chi connectivity index (χ3v) is 5.79. The van der Waals surface area contributed by atoms with Gasteiger partial charge in [0.2, 0.25) is 5.91 Å². The normalized spacial score (nSPS) is 39.9. The minimum Gasteiger partial charge on any atom is -0.322 e. The molecule has 2 rings (SSSR count). The van der Waals surface area contributed by atoms with Crippen molar-refractivity contribution in [2.75, 3.05) is 0 Å². The Morgan fingerprint density at radius 1 is 1.25 bits per heavy atom. The lowest BCUT2D eigenvalue weighted by Crippen LogP contribution is -2.48. The Kier molecular flexibility index (Phi) is 4.78. The molecule has 1 amide bonds. The summed E-state index contributed by atoms with van der Waals surface area (Å²) in [6.07, 6.45) is 3.71. The predicted molar refractivity (Wildman–Crippen MR) is 83.2 cm³/mol. The van der Waals surface area contributed by atoms with Crippen molar-refractivity contribution in [3.8, 4) is 0 Å². The third-order valence-electron chi connectivity index (χ3n) is 5.79. The predicted octanol–water partition coefficient (Wildman–Crippen LogP) is 3.25. The number of amides is 1. The average molecular weight is 280 g/mol. The summed E-state index contributed by atoms with van der Waals surface area (Å²) in [5.41, 5.74) is 0. The van der Waals surface area contributed by atoms with Crippen LogP contribution in [0.25, 0.3) is 0 Å². The van der Waals surface area contributed by atoms with Gasteiger partial charge in [0.15, 0.2) is 0 Å². The Morgan fingerprint density at radius 2 is 1.90 bits per heavy atom. The second kappa shape index (κ2) is 6.05. The highest BCUT2D eigenvalue weighted by atomic mass is 16.2. The van der Waals surface area contributed by atoms with E-state index in [4.69, 9.17) is 0 Å². The molecule has 2 aliphatic rings. The van der Waals surface area contributed by atoms with Crippen molar-refractivity contribution in [2.45, 2.75) is 79.1 Å². The molecular formula is C17H32N2O. The van der Waals surface area contributed by atoms with Crippen molar-refractivity contribution in [1.82, 2.24) is 10.2 Å². The van der Waals surface area contributed by atoms with Gasteiger partial charge >= 0.3 is 0 Å². The van der Waals surface area contributed by atoms with Crippen LogP contribution in [0.5, 0.6) is 0 Å². The molecule has 6 unspecified atom stereocenters. The van der Waals surface area contributed by atoms with Gasteiger partial charge < -0.3 is 4.90 Å². The highest BCUT2D eigenvalue weighted by molar-refractivity contribution is 5.85. The van der Waals surface area contributed by atoms with Crippen LogP contribution in [-0.4, -0.2) is 29.1 Å². The van der Waals surface area contributed by atoms with Crippen LogP contribution in [0.3, 0.4) is 0 Å². The molecule has 0 aromatic carbocycles. The third kappa shape index (κ3) is 2.61. The maximum atomic E-state index is 12.9. The lowest BCUT2D eigenvalue weighted by molar-refractivity contribution is -0.134. The molecule has 3 nitrogen and oxygen atoms in total. The summed E-state index contributed by atoms with van der Waals surface area (Å²) in [4.78, 5) is 15.1. The fraction of sp³-hybridized carbons (Fsp3) is 0.941. The van der Waals surface area contributed by atoms with Gasteiger partial charge in [-0.3, -0.25) is 10.1 Å². The first-order valence-electron chi connectivity index (χ1n) is 8.46. The molecular weight excluding hydrogens is 248 g/mol. The molecule has 0 radical (unpaired) electrons. The molecule has 1 N–H and O–H groups in total. The highest BCUT2D eigenvalue weighted by Crippen LogP contribution is 2.38. The van der Waals surface area contributed by atoms with Crippen LogP contribution < -0.4 is 5.32 Å². The smallest absolute Gasteiger partial charge is 0.241 e. The van der Waals surface area contributed by atoms with Crippen LogP contribution in [-0.2, 0) is 4.79 Å². The molecule has 1 saturated carbocycles. The highest BCUT2D eigenvalue weighted by Gasteiger charge is 2.48. The zero-order valence-electron chi connectivity index (χ0n) is 14.0. The first-order valence-corrected chi connectivity index (χ1v) is 8.46. The summed E-state index contributed by atoms with van der Waals surface area (Å²) >= 11 is 0. The minimum absolute atomic E-state index is 0.0236. The van der Waals surface area contributed by atoms with E-state index >= 15 is 0 Å². The first kappa shape index (κ1) is 15.8. The molecule has 1 aliphatic carbocycles. The van der Waals surface area contributed by atoms with Crippen molar-refractivity contribution < 1.29 is 4.79 Å². The minimum atomic E-state index is 0.0236. The second-order valence-corrected chi connectivity index (χ2v) is 7.45. The first-order chi connectivity index (χ1) is 9.38. The number of hydrogen-bond donors (Lipinski definition) is 1. The maximum absolute atomic E-state index is 12.9. The van der Waals surface area contributed by atoms with Crippen LogP contribution in [0.2, 0.25) is 0 Å². The van der Waals surface area contributed by atoms with Crippen LogP contribution in [0.1, 0.15) is 60.8 Å². The Balaban J connectivity index is 2.22. The van der Waals surface area contributed by atoms with Crippen LogP contribution in [0, 0.1) is 23.7 Å². The molecule has 1 aliphatic heterocycles. The fourth-order valence-electron chi connectivity index (χ4n) is 3.89. The van der Waals surface area contributed by atoms with E-state index in [1.165, 1.54) is 12.8 Å². The van der Waals surface area contributed by atoms with E-state index < -0.39 is 0 Å².